The lowest BCUT2D eigenvalue weighted by molar-refractivity contribution is -0.119. The van der Waals surface area contributed by atoms with Crippen LogP contribution in [0.4, 0.5) is 4.79 Å². The van der Waals surface area contributed by atoms with E-state index in [1.807, 2.05) is 0 Å². The van der Waals surface area contributed by atoms with Crippen LogP contribution in [0.15, 0.2) is 4.36 Å². The van der Waals surface area contributed by atoms with Crippen LogP contribution in [0.5, 0.6) is 0 Å². The Bertz CT molecular complexity index is 549. The van der Waals surface area contributed by atoms with Crippen molar-refractivity contribution >= 4 is 21.7 Å². The maximum Gasteiger partial charge on any atom is 0.408 e. The molecule has 22 heavy (non-hydrogen) atoms. The van der Waals surface area contributed by atoms with Crippen molar-refractivity contribution in [1.29, 1.82) is 0 Å². The lowest BCUT2D eigenvalue weighted by Crippen LogP contribution is -2.46. The van der Waals surface area contributed by atoms with Crippen molar-refractivity contribution in [2.45, 2.75) is 66.0 Å². The van der Waals surface area contributed by atoms with Crippen molar-refractivity contribution in [2.75, 3.05) is 11.5 Å². The fraction of sp³-hybridized carbons (Fsp3) is 0.867. The third kappa shape index (κ3) is 6.77. The summed E-state index contributed by atoms with van der Waals surface area (Å²) in [6.45, 7) is 11.4. The van der Waals surface area contributed by atoms with Crippen molar-refractivity contribution < 1.29 is 18.5 Å². The van der Waals surface area contributed by atoms with Crippen LogP contribution in [0, 0.1) is 5.41 Å². The average molecular weight is 332 g/mol. The number of carbonyl (C=O) groups is 2. The summed E-state index contributed by atoms with van der Waals surface area (Å²) in [5.41, 5.74) is -0.576. The highest BCUT2D eigenvalue weighted by molar-refractivity contribution is 7.93. The van der Waals surface area contributed by atoms with Crippen LogP contribution in [0.25, 0.3) is 0 Å². The Labute approximate surface area is 133 Å². The highest BCUT2D eigenvalue weighted by Gasteiger charge is 2.31. The maximum atomic E-state index is 12.6. The monoisotopic (exact) mass is 332 g/mol. The first-order valence-corrected chi connectivity index (χ1v) is 9.41. The van der Waals surface area contributed by atoms with Crippen LogP contribution >= 0.6 is 0 Å². The molecular formula is C15H28N2O4S. The van der Waals surface area contributed by atoms with Gasteiger partial charge in [0.05, 0.1) is 9.73 Å². The van der Waals surface area contributed by atoms with Gasteiger partial charge in [0.1, 0.15) is 11.6 Å². The van der Waals surface area contributed by atoms with Gasteiger partial charge >= 0.3 is 6.09 Å². The summed E-state index contributed by atoms with van der Waals surface area (Å²) >= 11 is 0. The summed E-state index contributed by atoms with van der Waals surface area (Å²) in [7, 11) is -2.49. The van der Waals surface area contributed by atoms with Crippen molar-refractivity contribution in [3.8, 4) is 0 Å². The van der Waals surface area contributed by atoms with Gasteiger partial charge in [0.15, 0.2) is 0 Å². The van der Waals surface area contributed by atoms with E-state index in [0.717, 1.165) is 6.42 Å². The summed E-state index contributed by atoms with van der Waals surface area (Å²) < 4.78 is 21.6. The smallest absolute Gasteiger partial charge is 0.408 e. The van der Waals surface area contributed by atoms with E-state index in [0.29, 0.717) is 17.9 Å². The van der Waals surface area contributed by atoms with E-state index in [1.54, 1.807) is 20.8 Å². The largest absolute Gasteiger partial charge is 0.444 e. The molecule has 2 atom stereocenters. The molecule has 128 valence electrons. The summed E-state index contributed by atoms with van der Waals surface area (Å²) in [4.78, 5) is 23.7. The number of alkyl carbamates (subject to hydrolysis) is 1. The van der Waals surface area contributed by atoms with Gasteiger partial charge in [-0.15, -0.1) is 0 Å². The SMILES string of the molecule is CC(C)(C)CCS1(=O)=NC(=O)[C@@H](NC(=O)OC(C)(C)C)CC1. The van der Waals surface area contributed by atoms with Gasteiger partial charge in [-0.25, -0.2) is 9.00 Å². The molecule has 0 fully saturated rings. The molecule has 1 N–H and O–H groups in total. The van der Waals surface area contributed by atoms with E-state index in [-0.39, 0.29) is 5.41 Å². The summed E-state index contributed by atoms with van der Waals surface area (Å²) in [5, 5.41) is 2.51. The Kier molecular flexibility index (Phi) is 5.65. The van der Waals surface area contributed by atoms with Crippen molar-refractivity contribution in [2.24, 2.45) is 9.78 Å². The van der Waals surface area contributed by atoms with Gasteiger partial charge in [0.2, 0.25) is 0 Å². The number of rotatable bonds is 3. The fourth-order valence-electron chi connectivity index (χ4n) is 1.90. The van der Waals surface area contributed by atoms with E-state index in [2.05, 4.69) is 30.5 Å². The van der Waals surface area contributed by atoms with E-state index < -0.39 is 33.4 Å². The Morgan fingerprint density at radius 2 is 1.91 bits per heavy atom. The molecule has 0 aliphatic carbocycles. The minimum atomic E-state index is -2.49. The van der Waals surface area contributed by atoms with Gasteiger partial charge in [0.25, 0.3) is 5.91 Å². The van der Waals surface area contributed by atoms with Crippen LogP contribution in [-0.2, 0) is 19.3 Å². The molecule has 6 nitrogen and oxygen atoms in total. The molecule has 2 amide bonds. The second-order valence-corrected chi connectivity index (χ2v) is 10.5. The predicted octanol–water partition coefficient (Wildman–Crippen LogP) is 2.71. The zero-order valence-electron chi connectivity index (χ0n) is 14.4. The molecular weight excluding hydrogens is 304 g/mol. The minimum Gasteiger partial charge on any atom is -0.444 e. The number of nitrogens with zero attached hydrogens (tertiary/aromatic N) is 1. The van der Waals surface area contributed by atoms with Gasteiger partial charge in [-0.05, 0) is 39.0 Å². The number of ether oxygens (including phenoxy) is 1. The topological polar surface area (TPSA) is 84.8 Å². The molecule has 0 bridgehead atoms. The van der Waals surface area contributed by atoms with Gasteiger partial charge in [-0.1, -0.05) is 20.8 Å². The molecule has 1 unspecified atom stereocenters. The molecule has 0 saturated carbocycles. The quantitative estimate of drug-likeness (QED) is 0.861. The predicted molar refractivity (Wildman–Crippen MR) is 87.2 cm³/mol. The molecule has 1 heterocycles. The van der Waals surface area contributed by atoms with Crippen LogP contribution in [0.1, 0.15) is 54.4 Å². The zero-order valence-corrected chi connectivity index (χ0v) is 15.2. The summed E-state index contributed by atoms with van der Waals surface area (Å²) in [6, 6.07) is -0.737. The first-order valence-electron chi connectivity index (χ1n) is 7.56. The number of carbonyl (C=O) groups excluding carboxylic acids is 2. The van der Waals surface area contributed by atoms with Crippen molar-refractivity contribution in [1.82, 2.24) is 5.32 Å². The lowest BCUT2D eigenvalue weighted by Gasteiger charge is -2.26. The van der Waals surface area contributed by atoms with Crippen LogP contribution in [0.3, 0.4) is 0 Å². The fourth-order valence-corrected chi connectivity index (χ4v) is 4.27. The third-order valence-electron chi connectivity index (χ3n) is 3.14. The number of nitrogens with one attached hydrogen (secondary N) is 1. The van der Waals surface area contributed by atoms with Crippen LogP contribution < -0.4 is 5.32 Å². The number of amides is 2. The molecule has 0 radical (unpaired) electrons. The second-order valence-electron chi connectivity index (χ2n) is 7.91. The highest BCUT2D eigenvalue weighted by Crippen LogP contribution is 2.22. The molecule has 7 heteroatoms. The molecule has 0 aromatic rings. The van der Waals surface area contributed by atoms with E-state index >= 15 is 0 Å². The van der Waals surface area contributed by atoms with Crippen molar-refractivity contribution in [3.63, 3.8) is 0 Å². The van der Waals surface area contributed by atoms with Gasteiger partial charge in [-0.2, -0.15) is 4.36 Å². The molecule has 1 rings (SSSR count). The lowest BCUT2D eigenvalue weighted by atomic mass is 9.94. The third-order valence-corrected chi connectivity index (χ3v) is 5.37. The Morgan fingerprint density at radius 3 is 2.36 bits per heavy atom. The van der Waals surface area contributed by atoms with Crippen LogP contribution in [-0.4, -0.2) is 39.4 Å². The molecule has 0 aromatic heterocycles. The van der Waals surface area contributed by atoms with Gasteiger partial charge in [0, 0.05) is 11.5 Å². The highest BCUT2D eigenvalue weighted by atomic mass is 32.2. The first-order chi connectivity index (χ1) is 9.80. The average Bonchev–Trinajstić information content (AvgIpc) is 2.28. The Balaban J connectivity index is 2.67. The van der Waals surface area contributed by atoms with Crippen molar-refractivity contribution in [3.05, 3.63) is 0 Å². The molecule has 0 saturated heterocycles. The standard InChI is InChI=1S/C15H28N2O4S/c1-14(2,3)8-10-22(20)9-7-11(12(18)17-22)16-13(19)21-15(4,5)6/h11H,7-10H2,1-6H3,(H,16,19)/t11-,22?/m0/s1. The van der Waals surface area contributed by atoms with E-state index in [1.165, 1.54) is 0 Å². The molecule has 0 aromatic carbocycles. The van der Waals surface area contributed by atoms with Gasteiger partial charge in [-0.3, -0.25) is 4.79 Å². The molecule has 1 aliphatic heterocycles. The van der Waals surface area contributed by atoms with E-state index in [9.17, 15) is 13.8 Å². The Morgan fingerprint density at radius 1 is 1.32 bits per heavy atom. The van der Waals surface area contributed by atoms with Gasteiger partial charge < -0.3 is 10.1 Å². The summed E-state index contributed by atoms with van der Waals surface area (Å²) in [6.07, 6.45) is 0.432. The van der Waals surface area contributed by atoms with Crippen LogP contribution in [0.2, 0.25) is 0 Å². The van der Waals surface area contributed by atoms with E-state index in [4.69, 9.17) is 4.74 Å². The number of hydrogen-bond donors (Lipinski definition) is 1. The normalized spacial score (nSPS) is 26.3. The summed E-state index contributed by atoms with van der Waals surface area (Å²) in [5.74, 6) is 0.229. The molecule has 1 aliphatic rings. The Hall–Kier alpha value is -1.11. The minimum absolute atomic E-state index is 0.0502. The number of hydrogen-bond acceptors (Lipinski definition) is 4. The second kappa shape index (κ2) is 6.56. The zero-order chi connectivity index (χ0) is 17.2. The first kappa shape index (κ1) is 18.9. The molecule has 0 spiro atoms. The maximum absolute atomic E-state index is 12.6.